The van der Waals surface area contributed by atoms with Crippen molar-refractivity contribution in [2.75, 3.05) is 37.5 Å². The molecule has 2 aliphatic heterocycles. The Morgan fingerprint density at radius 1 is 0.818 bits per heavy atom. The second-order valence-corrected chi connectivity index (χ2v) is 13.8. The Hall–Kier alpha value is -4.21. The molecule has 226 valence electrons. The van der Waals surface area contributed by atoms with Crippen LogP contribution in [0.4, 0.5) is 5.69 Å². The number of aromatic amines is 1. The quantitative estimate of drug-likeness (QED) is 0.229. The largest absolute Gasteiger partial charge is 0.339 e. The zero-order valence-electron chi connectivity index (χ0n) is 25.0. The van der Waals surface area contributed by atoms with Crippen molar-refractivity contribution in [3.8, 4) is 22.3 Å². The zero-order valence-corrected chi connectivity index (χ0v) is 25.8. The fraction of sp³-hybridized carbons (Fsp3) is 0.314. The second kappa shape index (κ2) is 11.7. The highest BCUT2D eigenvalue weighted by Crippen LogP contribution is 2.41. The molecule has 3 aromatic carbocycles. The lowest BCUT2D eigenvalue weighted by Gasteiger charge is -2.31. The number of carbonyl (C=O) groups excluding carboxylic acids is 1. The Labute approximate surface area is 258 Å². The number of benzene rings is 3. The molecule has 0 bridgehead atoms. The third kappa shape index (κ3) is 5.14. The van der Waals surface area contributed by atoms with Crippen LogP contribution in [-0.2, 0) is 10.2 Å². The van der Waals surface area contributed by atoms with Crippen molar-refractivity contribution in [2.24, 2.45) is 0 Å². The number of aromatic nitrogens is 2. The summed E-state index contributed by atoms with van der Waals surface area (Å²) < 4.78 is 30.1. The Kier molecular flexibility index (Phi) is 7.60. The van der Waals surface area contributed by atoms with Crippen molar-refractivity contribution >= 4 is 43.7 Å². The van der Waals surface area contributed by atoms with Crippen molar-refractivity contribution in [2.45, 2.75) is 38.5 Å². The van der Waals surface area contributed by atoms with Crippen LogP contribution in [-0.4, -0.2) is 66.7 Å². The highest BCUT2D eigenvalue weighted by molar-refractivity contribution is 7.90. The number of amides is 1. The van der Waals surface area contributed by atoms with E-state index in [2.05, 4.69) is 17.1 Å². The first-order valence-corrected chi connectivity index (χ1v) is 16.9. The molecule has 7 rings (SSSR count). The Morgan fingerprint density at radius 2 is 1.50 bits per heavy atom. The van der Waals surface area contributed by atoms with Crippen LogP contribution in [0.2, 0.25) is 0 Å². The van der Waals surface area contributed by atoms with Gasteiger partial charge in [-0.3, -0.25) is 9.10 Å². The molecule has 0 saturated carbocycles. The van der Waals surface area contributed by atoms with Gasteiger partial charge in [0.15, 0.2) is 0 Å². The fourth-order valence-electron chi connectivity index (χ4n) is 6.64. The molecule has 8 nitrogen and oxygen atoms in total. The number of carbonyl (C=O) groups is 1. The Morgan fingerprint density at radius 3 is 2.20 bits per heavy atom. The summed E-state index contributed by atoms with van der Waals surface area (Å²) in [7, 11) is -2.01. The van der Waals surface area contributed by atoms with E-state index in [-0.39, 0.29) is 5.91 Å². The number of fused-ring (bicyclic) bond motifs is 3. The molecule has 0 atom stereocenters. The van der Waals surface area contributed by atoms with Crippen molar-refractivity contribution in [1.82, 2.24) is 19.2 Å². The predicted molar refractivity (Wildman–Crippen MR) is 177 cm³/mol. The van der Waals surface area contributed by atoms with E-state index in [0.29, 0.717) is 24.3 Å². The predicted octanol–water partition coefficient (Wildman–Crippen LogP) is 6.84. The molecule has 9 heteroatoms. The van der Waals surface area contributed by atoms with Crippen molar-refractivity contribution in [1.29, 1.82) is 0 Å². The van der Waals surface area contributed by atoms with E-state index in [1.165, 1.54) is 10.7 Å². The van der Waals surface area contributed by atoms with E-state index in [0.717, 1.165) is 89.4 Å². The maximum Gasteiger partial charge on any atom is 0.303 e. The normalized spacial score (nSPS) is 16.4. The van der Waals surface area contributed by atoms with Crippen LogP contribution in [0.3, 0.4) is 0 Å². The topological polar surface area (TPSA) is 89.6 Å². The molecule has 1 N–H and O–H groups in total. The zero-order chi connectivity index (χ0) is 30.3. The summed E-state index contributed by atoms with van der Waals surface area (Å²) in [5, 5.41) is 1.84. The first-order valence-electron chi connectivity index (χ1n) is 15.6. The lowest BCUT2D eigenvalue weighted by atomic mass is 9.92. The number of nitrogens with one attached hydrogen (secondary N) is 1. The summed E-state index contributed by atoms with van der Waals surface area (Å²) in [6, 6.07) is 23.8. The molecule has 2 fully saturated rings. The summed E-state index contributed by atoms with van der Waals surface area (Å²) in [6.45, 7) is 2.73. The van der Waals surface area contributed by atoms with Crippen LogP contribution in [0.5, 0.6) is 0 Å². The highest BCUT2D eigenvalue weighted by atomic mass is 32.2. The average Bonchev–Trinajstić information content (AvgIpc) is 3.46. The standard InChI is InChI=1S/C35H37N5O3S/c1-38(44(42,43)40-21-9-4-10-22-40)28-17-18-31-29(23-28)33-32(26-11-5-2-6-12-26)30(24-36-34(33)37-31)25-13-15-27(16-14-25)35(41)39-19-7-3-8-20-39/h2,5-6,11-18,23-24H,3-4,7-10,19-22H2,1H3,(H,36,37). The number of piperidine rings is 2. The third-order valence-electron chi connectivity index (χ3n) is 9.10. The van der Waals surface area contributed by atoms with Gasteiger partial charge in [-0.1, -0.05) is 48.9 Å². The van der Waals surface area contributed by atoms with Crippen molar-refractivity contribution in [3.63, 3.8) is 0 Å². The van der Waals surface area contributed by atoms with Gasteiger partial charge in [-0.05, 0) is 73.6 Å². The first kappa shape index (κ1) is 28.6. The van der Waals surface area contributed by atoms with Crippen LogP contribution in [0.1, 0.15) is 48.9 Å². The molecule has 2 saturated heterocycles. The van der Waals surface area contributed by atoms with E-state index < -0.39 is 10.2 Å². The molecule has 2 aromatic heterocycles. The molecule has 44 heavy (non-hydrogen) atoms. The summed E-state index contributed by atoms with van der Waals surface area (Å²) in [5.41, 5.74) is 6.87. The molecule has 0 aliphatic carbocycles. The van der Waals surface area contributed by atoms with Crippen LogP contribution in [0.25, 0.3) is 44.2 Å². The van der Waals surface area contributed by atoms with Crippen LogP contribution < -0.4 is 4.31 Å². The average molecular weight is 608 g/mol. The van der Waals surface area contributed by atoms with Crippen molar-refractivity contribution in [3.05, 3.63) is 84.6 Å². The summed E-state index contributed by atoms with van der Waals surface area (Å²) in [4.78, 5) is 23.4. The Balaban J connectivity index is 1.34. The molecular formula is C35H37N5O3S. The van der Waals surface area contributed by atoms with Gasteiger partial charge >= 0.3 is 10.2 Å². The molecule has 0 spiro atoms. The number of rotatable bonds is 6. The van der Waals surface area contributed by atoms with Gasteiger partial charge in [0.1, 0.15) is 5.65 Å². The summed E-state index contributed by atoms with van der Waals surface area (Å²) in [6.07, 6.45) is 8.01. The number of anilines is 1. The highest BCUT2D eigenvalue weighted by Gasteiger charge is 2.29. The monoisotopic (exact) mass is 607 g/mol. The number of hydrogen-bond acceptors (Lipinski definition) is 4. The van der Waals surface area contributed by atoms with E-state index in [4.69, 9.17) is 4.98 Å². The van der Waals surface area contributed by atoms with Gasteiger partial charge in [-0.15, -0.1) is 0 Å². The fourth-order valence-corrected chi connectivity index (χ4v) is 8.08. The van der Waals surface area contributed by atoms with E-state index in [1.807, 2.05) is 71.8 Å². The Bertz CT molecular complexity index is 1920. The molecule has 2 aliphatic rings. The summed E-state index contributed by atoms with van der Waals surface area (Å²) >= 11 is 0. The minimum atomic E-state index is -3.64. The van der Waals surface area contributed by atoms with E-state index in [1.54, 1.807) is 11.4 Å². The number of hydrogen-bond donors (Lipinski definition) is 1. The number of pyridine rings is 1. The first-order chi connectivity index (χ1) is 21.4. The number of likely N-dealkylation sites (tertiary alicyclic amines) is 1. The van der Waals surface area contributed by atoms with Gasteiger partial charge in [0.05, 0.1) is 5.69 Å². The SMILES string of the molecule is CN(c1ccc2[nH]c3ncc(-c4ccc(C(=O)N5CCCCC5)cc4)c(-c4ccccc4)c3c2c1)S(=O)(=O)N1CCCCC1. The molecule has 5 aromatic rings. The van der Waals surface area contributed by atoms with Gasteiger partial charge in [-0.25, -0.2) is 4.98 Å². The van der Waals surface area contributed by atoms with Gasteiger partial charge < -0.3 is 9.88 Å². The maximum atomic E-state index is 13.5. The molecule has 1 amide bonds. The molecular weight excluding hydrogens is 570 g/mol. The number of H-pyrrole nitrogens is 1. The lowest BCUT2D eigenvalue weighted by Crippen LogP contribution is -2.44. The smallest absolute Gasteiger partial charge is 0.303 e. The van der Waals surface area contributed by atoms with E-state index >= 15 is 0 Å². The third-order valence-corrected chi connectivity index (χ3v) is 11.0. The number of nitrogens with zero attached hydrogens (tertiary/aromatic N) is 4. The van der Waals surface area contributed by atoms with Crippen LogP contribution in [0.15, 0.2) is 79.0 Å². The molecule has 4 heterocycles. The maximum absolute atomic E-state index is 13.5. The van der Waals surface area contributed by atoms with E-state index in [9.17, 15) is 13.2 Å². The van der Waals surface area contributed by atoms with Gasteiger partial charge in [-0.2, -0.15) is 12.7 Å². The van der Waals surface area contributed by atoms with Gasteiger partial charge in [0.25, 0.3) is 5.91 Å². The minimum Gasteiger partial charge on any atom is -0.339 e. The van der Waals surface area contributed by atoms with Gasteiger partial charge in [0.2, 0.25) is 0 Å². The van der Waals surface area contributed by atoms with Crippen molar-refractivity contribution < 1.29 is 13.2 Å². The lowest BCUT2D eigenvalue weighted by molar-refractivity contribution is 0.0724. The minimum absolute atomic E-state index is 0.0842. The van der Waals surface area contributed by atoms with Crippen LogP contribution in [0, 0.1) is 0 Å². The van der Waals surface area contributed by atoms with Crippen LogP contribution >= 0.6 is 0 Å². The molecule has 0 radical (unpaired) electrons. The second-order valence-electron chi connectivity index (χ2n) is 11.9. The molecule has 0 unspecified atom stereocenters. The van der Waals surface area contributed by atoms with Gasteiger partial charge in [0, 0.05) is 72.4 Å². The summed E-state index contributed by atoms with van der Waals surface area (Å²) in [5.74, 6) is 0.0842.